The molecule has 0 bridgehead atoms. The van der Waals surface area contributed by atoms with Crippen molar-refractivity contribution in [3.05, 3.63) is 22.4 Å². The lowest BCUT2D eigenvalue weighted by molar-refractivity contribution is 0.103. The molecule has 1 aliphatic rings. The van der Waals surface area contributed by atoms with Gasteiger partial charge in [0.2, 0.25) is 0 Å². The molecule has 2 heterocycles. The standard InChI is InChI=1S/C9H14N2S/c1-7(8-2-3-12-6-8)11-4-9(10)5-11/h2-3,6-7,9H,4-5,10H2,1H3. The number of hydrogen-bond acceptors (Lipinski definition) is 3. The number of hydrogen-bond donors (Lipinski definition) is 1. The van der Waals surface area contributed by atoms with Crippen LogP contribution in [0.4, 0.5) is 0 Å². The van der Waals surface area contributed by atoms with Gasteiger partial charge in [-0.1, -0.05) is 0 Å². The third-order valence-electron chi connectivity index (χ3n) is 2.51. The summed E-state index contributed by atoms with van der Waals surface area (Å²) in [5, 5.41) is 4.35. The van der Waals surface area contributed by atoms with Gasteiger partial charge in [-0.15, -0.1) is 0 Å². The van der Waals surface area contributed by atoms with Crippen molar-refractivity contribution in [1.82, 2.24) is 4.90 Å². The third-order valence-corrected chi connectivity index (χ3v) is 3.21. The minimum atomic E-state index is 0.408. The summed E-state index contributed by atoms with van der Waals surface area (Å²) < 4.78 is 0. The van der Waals surface area contributed by atoms with Crippen molar-refractivity contribution in [2.24, 2.45) is 5.73 Å². The first-order valence-corrected chi connectivity index (χ1v) is 5.23. The molecule has 1 atom stereocenters. The minimum Gasteiger partial charge on any atom is -0.325 e. The molecule has 0 radical (unpaired) electrons. The molecular weight excluding hydrogens is 168 g/mol. The van der Waals surface area contributed by atoms with Gasteiger partial charge in [-0.25, -0.2) is 0 Å². The molecule has 0 aromatic carbocycles. The highest BCUT2D eigenvalue weighted by Crippen LogP contribution is 2.25. The largest absolute Gasteiger partial charge is 0.325 e. The zero-order chi connectivity index (χ0) is 8.55. The molecule has 0 saturated carbocycles. The lowest BCUT2D eigenvalue weighted by Gasteiger charge is -2.41. The molecule has 0 amide bonds. The van der Waals surface area contributed by atoms with Gasteiger partial charge in [-0.3, -0.25) is 4.90 Å². The van der Waals surface area contributed by atoms with Crippen LogP contribution in [0.5, 0.6) is 0 Å². The van der Waals surface area contributed by atoms with Gasteiger partial charge >= 0.3 is 0 Å². The highest BCUT2D eigenvalue weighted by molar-refractivity contribution is 7.07. The second-order valence-electron chi connectivity index (χ2n) is 3.45. The topological polar surface area (TPSA) is 29.3 Å². The summed E-state index contributed by atoms with van der Waals surface area (Å²) in [6, 6.07) is 3.15. The normalized spacial score (nSPS) is 22.2. The summed E-state index contributed by atoms with van der Waals surface area (Å²) in [5.74, 6) is 0. The molecule has 1 aromatic heterocycles. The fourth-order valence-electron chi connectivity index (χ4n) is 1.59. The van der Waals surface area contributed by atoms with E-state index in [1.165, 1.54) is 5.56 Å². The molecule has 2 rings (SSSR count). The van der Waals surface area contributed by atoms with Gasteiger partial charge in [-0.05, 0) is 29.3 Å². The van der Waals surface area contributed by atoms with E-state index in [0.29, 0.717) is 12.1 Å². The monoisotopic (exact) mass is 182 g/mol. The van der Waals surface area contributed by atoms with E-state index in [4.69, 9.17) is 5.73 Å². The van der Waals surface area contributed by atoms with Crippen LogP contribution in [0.15, 0.2) is 16.8 Å². The quantitative estimate of drug-likeness (QED) is 0.750. The van der Waals surface area contributed by atoms with Crippen molar-refractivity contribution < 1.29 is 0 Å². The van der Waals surface area contributed by atoms with E-state index in [-0.39, 0.29) is 0 Å². The van der Waals surface area contributed by atoms with Crippen molar-refractivity contribution in [3.63, 3.8) is 0 Å². The molecule has 2 N–H and O–H groups in total. The van der Waals surface area contributed by atoms with E-state index in [0.717, 1.165) is 13.1 Å². The van der Waals surface area contributed by atoms with E-state index in [9.17, 15) is 0 Å². The number of likely N-dealkylation sites (tertiary alicyclic amines) is 1. The summed E-state index contributed by atoms with van der Waals surface area (Å²) in [5.41, 5.74) is 7.14. The van der Waals surface area contributed by atoms with E-state index in [1.54, 1.807) is 11.3 Å². The summed E-state index contributed by atoms with van der Waals surface area (Å²) in [6.07, 6.45) is 0. The number of rotatable bonds is 2. The molecule has 66 valence electrons. The van der Waals surface area contributed by atoms with Crippen molar-refractivity contribution in [2.75, 3.05) is 13.1 Å². The lowest BCUT2D eigenvalue weighted by Crippen LogP contribution is -2.56. The molecular formula is C9H14N2S. The Morgan fingerprint density at radius 3 is 2.92 bits per heavy atom. The van der Waals surface area contributed by atoms with E-state index < -0.39 is 0 Å². The Bertz CT molecular complexity index is 239. The zero-order valence-corrected chi connectivity index (χ0v) is 8.05. The van der Waals surface area contributed by atoms with E-state index in [1.807, 2.05) is 0 Å². The SMILES string of the molecule is CC(c1ccsc1)N1CC(N)C1. The average Bonchev–Trinajstić information content (AvgIpc) is 2.49. The maximum absolute atomic E-state index is 5.72. The fraction of sp³-hybridized carbons (Fsp3) is 0.556. The summed E-state index contributed by atoms with van der Waals surface area (Å²) in [4.78, 5) is 2.41. The fourth-order valence-corrected chi connectivity index (χ4v) is 2.34. The third kappa shape index (κ3) is 1.40. The Morgan fingerprint density at radius 1 is 1.67 bits per heavy atom. The van der Waals surface area contributed by atoms with Crippen LogP contribution in [0.1, 0.15) is 18.5 Å². The zero-order valence-electron chi connectivity index (χ0n) is 7.23. The number of nitrogens with two attached hydrogens (primary N) is 1. The molecule has 2 nitrogen and oxygen atoms in total. The second-order valence-corrected chi connectivity index (χ2v) is 4.23. The number of thiophene rings is 1. The Balaban J connectivity index is 1.97. The van der Waals surface area contributed by atoms with Crippen LogP contribution < -0.4 is 5.73 Å². The molecule has 0 aliphatic carbocycles. The van der Waals surface area contributed by atoms with Crippen LogP contribution >= 0.6 is 11.3 Å². The smallest absolute Gasteiger partial charge is 0.0329 e. The molecule has 1 unspecified atom stereocenters. The minimum absolute atomic E-state index is 0.408. The molecule has 1 aromatic rings. The summed E-state index contributed by atoms with van der Waals surface area (Å²) in [7, 11) is 0. The van der Waals surface area contributed by atoms with Crippen molar-refractivity contribution in [1.29, 1.82) is 0 Å². The molecule has 3 heteroatoms. The van der Waals surface area contributed by atoms with Gasteiger partial charge in [-0.2, -0.15) is 11.3 Å². The highest BCUT2D eigenvalue weighted by atomic mass is 32.1. The van der Waals surface area contributed by atoms with Gasteiger partial charge < -0.3 is 5.73 Å². The summed E-state index contributed by atoms with van der Waals surface area (Å²) >= 11 is 1.76. The summed E-state index contributed by atoms with van der Waals surface area (Å²) in [6.45, 7) is 4.35. The van der Waals surface area contributed by atoms with Crippen molar-refractivity contribution in [2.45, 2.75) is 19.0 Å². The van der Waals surface area contributed by atoms with Gasteiger partial charge in [0.05, 0.1) is 0 Å². The van der Waals surface area contributed by atoms with Gasteiger partial charge in [0.25, 0.3) is 0 Å². The van der Waals surface area contributed by atoms with Gasteiger partial charge in [0.15, 0.2) is 0 Å². The van der Waals surface area contributed by atoms with Gasteiger partial charge in [0, 0.05) is 25.2 Å². The van der Waals surface area contributed by atoms with Crippen LogP contribution in [-0.2, 0) is 0 Å². The maximum Gasteiger partial charge on any atom is 0.0329 e. The maximum atomic E-state index is 5.72. The van der Waals surface area contributed by atoms with Crippen LogP contribution in [0.2, 0.25) is 0 Å². The van der Waals surface area contributed by atoms with Crippen molar-refractivity contribution in [3.8, 4) is 0 Å². The van der Waals surface area contributed by atoms with Crippen LogP contribution in [0.3, 0.4) is 0 Å². The number of nitrogens with zero attached hydrogens (tertiary/aromatic N) is 1. The Labute approximate surface area is 77.0 Å². The van der Waals surface area contributed by atoms with Crippen LogP contribution in [0.25, 0.3) is 0 Å². The average molecular weight is 182 g/mol. The second kappa shape index (κ2) is 3.17. The molecule has 0 spiro atoms. The Morgan fingerprint density at radius 2 is 2.42 bits per heavy atom. The molecule has 12 heavy (non-hydrogen) atoms. The first-order chi connectivity index (χ1) is 5.77. The van der Waals surface area contributed by atoms with E-state index in [2.05, 4.69) is 28.7 Å². The van der Waals surface area contributed by atoms with E-state index >= 15 is 0 Å². The predicted octanol–water partition coefficient (Wildman–Crippen LogP) is 1.45. The lowest BCUT2D eigenvalue weighted by atomic mass is 10.0. The molecule has 1 aliphatic heterocycles. The predicted molar refractivity (Wildman–Crippen MR) is 52.3 cm³/mol. The van der Waals surface area contributed by atoms with Crippen LogP contribution in [-0.4, -0.2) is 24.0 Å². The first kappa shape index (κ1) is 8.23. The molecule has 1 fully saturated rings. The van der Waals surface area contributed by atoms with Gasteiger partial charge in [0.1, 0.15) is 0 Å². The Kier molecular flexibility index (Phi) is 2.17. The highest BCUT2D eigenvalue weighted by Gasteiger charge is 2.27. The van der Waals surface area contributed by atoms with Crippen molar-refractivity contribution >= 4 is 11.3 Å². The first-order valence-electron chi connectivity index (χ1n) is 4.29. The molecule has 1 saturated heterocycles. The van der Waals surface area contributed by atoms with Crippen LogP contribution in [0, 0.1) is 0 Å². The Hall–Kier alpha value is -0.380.